The molecule has 2 unspecified atom stereocenters. The van der Waals surface area contributed by atoms with E-state index in [1.807, 2.05) is 11.8 Å². The van der Waals surface area contributed by atoms with Gasteiger partial charge in [-0.1, -0.05) is 26.2 Å². The zero-order chi connectivity index (χ0) is 15.5. The summed E-state index contributed by atoms with van der Waals surface area (Å²) < 4.78 is 5.14. The van der Waals surface area contributed by atoms with Gasteiger partial charge in [0.2, 0.25) is 11.8 Å². The minimum atomic E-state index is -0.622. The molecule has 0 bridgehead atoms. The van der Waals surface area contributed by atoms with Gasteiger partial charge in [-0.3, -0.25) is 9.59 Å². The van der Waals surface area contributed by atoms with Gasteiger partial charge in [0.15, 0.2) is 0 Å². The standard InChI is InChI=1S/C16H28N2O3/c1-4-7-13-14(19)17-16(9-5-6-10-16)15(20)18(13)12(2)8-11-21-3/h12-13H,4-11H2,1-3H3,(H,17,19). The number of amides is 2. The summed E-state index contributed by atoms with van der Waals surface area (Å²) in [4.78, 5) is 27.5. The van der Waals surface area contributed by atoms with Crippen LogP contribution in [-0.2, 0) is 14.3 Å². The highest BCUT2D eigenvalue weighted by Gasteiger charge is 2.52. The maximum absolute atomic E-state index is 13.1. The van der Waals surface area contributed by atoms with Crippen LogP contribution < -0.4 is 5.32 Å². The van der Waals surface area contributed by atoms with E-state index < -0.39 is 5.54 Å². The maximum atomic E-state index is 13.1. The zero-order valence-corrected chi connectivity index (χ0v) is 13.5. The Hall–Kier alpha value is -1.10. The molecule has 1 aliphatic carbocycles. The van der Waals surface area contributed by atoms with Crippen molar-refractivity contribution in [3.05, 3.63) is 0 Å². The van der Waals surface area contributed by atoms with Gasteiger partial charge in [0.1, 0.15) is 11.6 Å². The lowest BCUT2D eigenvalue weighted by Crippen LogP contribution is -2.71. The zero-order valence-electron chi connectivity index (χ0n) is 13.5. The van der Waals surface area contributed by atoms with Crippen LogP contribution in [0.1, 0.15) is 58.8 Å². The Morgan fingerprint density at radius 1 is 1.38 bits per heavy atom. The van der Waals surface area contributed by atoms with Crippen molar-refractivity contribution in [2.75, 3.05) is 13.7 Å². The minimum Gasteiger partial charge on any atom is -0.385 e. The number of nitrogens with zero attached hydrogens (tertiary/aromatic N) is 1. The van der Waals surface area contributed by atoms with E-state index in [2.05, 4.69) is 12.2 Å². The van der Waals surface area contributed by atoms with E-state index in [4.69, 9.17) is 4.74 Å². The second kappa shape index (κ2) is 6.77. The van der Waals surface area contributed by atoms with Gasteiger partial charge in [0.25, 0.3) is 0 Å². The maximum Gasteiger partial charge on any atom is 0.249 e. The van der Waals surface area contributed by atoms with Crippen LogP contribution in [0.2, 0.25) is 0 Å². The number of carbonyl (C=O) groups excluding carboxylic acids is 2. The Morgan fingerprint density at radius 3 is 2.62 bits per heavy atom. The average Bonchev–Trinajstić information content (AvgIpc) is 2.92. The Balaban J connectivity index is 2.23. The number of methoxy groups -OCH3 is 1. The molecule has 2 rings (SSSR count). The summed E-state index contributed by atoms with van der Waals surface area (Å²) in [5, 5.41) is 3.06. The van der Waals surface area contributed by atoms with Crippen LogP contribution in [0.3, 0.4) is 0 Å². The van der Waals surface area contributed by atoms with Crippen LogP contribution in [0, 0.1) is 0 Å². The Morgan fingerprint density at radius 2 is 2.05 bits per heavy atom. The van der Waals surface area contributed by atoms with E-state index >= 15 is 0 Å². The molecule has 2 fully saturated rings. The Kier molecular flexibility index (Phi) is 5.25. The molecule has 2 aliphatic rings. The molecular weight excluding hydrogens is 268 g/mol. The van der Waals surface area contributed by atoms with Gasteiger partial charge in [-0.25, -0.2) is 0 Å². The molecule has 21 heavy (non-hydrogen) atoms. The largest absolute Gasteiger partial charge is 0.385 e. The van der Waals surface area contributed by atoms with Crippen LogP contribution >= 0.6 is 0 Å². The van der Waals surface area contributed by atoms with Gasteiger partial charge in [-0.15, -0.1) is 0 Å². The second-order valence-electron chi connectivity index (χ2n) is 6.43. The Bertz CT molecular complexity index is 391. The molecular formula is C16H28N2O3. The third kappa shape index (κ3) is 3.07. The van der Waals surface area contributed by atoms with Crippen molar-refractivity contribution in [3.63, 3.8) is 0 Å². The van der Waals surface area contributed by atoms with Gasteiger partial charge in [0.05, 0.1) is 0 Å². The molecule has 1 N–H and O–H groups in total. The summed E-state index contributed by atoms with van der Waals surface area (Å²) >= 11 is 0. The van der Waals surface area contributed by atoms with Gasteiger partial charge in [-0.2, -0.15) is 0 Å². The number of carbonyl (C=O) groups is 2. The SMILES string of the molecule is CCCC1C(=O)NC2(CCCC2)C(=O)N1C(C)CCOC. The molecule has 1 aliphatic heterocycles. The number of hydrogen-bond donors (Lipinski definition) is 1. The predicted molar refractivity (Wildman–Crippen MR) is 80.8 cm³/mol. The topological polar surface area (TPSA) is 58.6 Å². The first-order valence-electron chi connectivity index (χ1n) is 8.19. The van der Waals surface area contributed by atoms with E-state index in [0.29, 0.717) is 6.61 Å². The van der Waals surface area contributed by atoms with Crippen molar-refractivity contribution in [2.45, 2.75) is 76.4 Å². The molecule has 1 saturated carbocycles. The normalized spacial score (nSPS) is 26.2. The quantitative estimate of drug-likeness (QED) is 0.814. The molecule has 1 spiro atoms. The van der Waals surface area contributed by atoms with E-state index in [-0.39, 0.29) is 23.9 Å². The average molecular weight is 296 g/mol. The minimum absolute atomic E-state index is 0.0302. The first-order valence-corrected chi connectivity index (χ1v) is 8.19. The van der Waals surface area contributed by atoms with Crippen molar-refractivity contribution >= 4 is 11.8 Å². The van der Waals surface area contributed by atoms with E-state index in [9.17, 15) is 9.59 Å². The molecule has 0 radical (unpaired) electrons. The second-order valence-corrected chi connectivity index (χ2v) is 6.43. The molecule has 2 amide bonds. The summed E-state index contributed by atoms with van der Waals surface area (Å²) in [6, 6.07) is -0.280. The highest BCUT2D eigenvalue weighted by molar-refractivity contribution is 6.00. The third-order valence-electron chi connectivity index (χ3n) is 4.88. The first-order chi connectivity index (χ1) is 10.1. The summed E-state index contributed by atoms with van der Waals surface area (Å²) in [5.41, 5.74) is -0.622. The lowest BCUT2D eigenvalue weighted by molar-refractivity contribution is -0.158. The molecule has 2 atom stereocenters. The monoisotopic (exact) mass is 296 g/mol. The third-order valence-corrected chi connectivity index (χ3v) is 4.88. The van der Waals surface area contributed by atoms with Crippen molar-refractivity contribution in [1.82, 2.24) is 10.2 Å². The fourth-order valence-electron chi connectivity index (χ4n) is 3.68. The lowest BCUT2D eigenvalue weighted by Gasteiger charge is -2.47. The van der Waals surface area contributed by atoms with Crippen LogP contribution in [0.15, 0.2) is 0 Å². The molecule has 5 heteroatoms. The van der Waals surface area contributed by atoms with E-state index in [0.717, 1.165) is 44.9 Å². The molecule has 1 heterocycles. The highest BCUT2D eigenvalue weighted by atomic mass is 16.5. The van der Waals surface area contributed by atoms with Crippen LogP contribution in [-0.4, -0.2) is 48.1 Å². The smallest absolute Gasteiger partial charge is 0.249 e. The number of hydrogen-bond acceptors (Lipinski definition) is 3. The number of nitrogens with one attached hydrogen (secondary N) is 1. The molecule has 5 nitrogen and oxygen atoms in total. The molecule has 0 aromatic heterocycles. The summed E-state index contributed by atoms with van der Waals surface area (Å²) in [6.07, 6.45) is 5.99. The number of rotatable bonds is 6. The first kappa shape index (κ1) is 16.3. The van der Waals surface area contributed by atoms with Crippen LogP contribution in [0.4, 0.5) is 0 Å². The summed E-state index contributed by atoms with van der Waals surface area (Å²) in [6.45, 7) is 4.69. The van der Waals surface area contributed by atoms with Crippen LogP contribution in [0.25, 0.3) is 0 Å². The number of ether oxygens (including phenoxy) is 1. The number of piperazine rings is 1. The van der Waals surface area contributed by atoms with Gasteiger partial charge in [0, 0.05) is 19.8 Å². The summed E-state index contributed by atoms with van der Waals surface area (Å²) in [5.74, 6) is 0.157. The van der Waals surface area contributed by atoms with Gasteiger partial charge in [-0.05, 0) is 32.6 Å². The lowest BCUT2D eigenvalue weighted by atomic mass is 9.88. The molecule has 0 aromatic carbocycles. The van der Waals surface area contributed by atoms with E-state index in [1.54, 1.807) is 7.11 Å². The van der Waals surface area contributed by atoms with E-state index in [1.165, 1.54) is 0 Å². The van der Waals surface area contributed by atoms with Crippen molar-refractivity contribution in [3.8, 4) is 0 Å². The highest BCUT2D eigenvalue weighted by Crippen LogP contribution is 2.36. The molecule has 1 saturated heterocycles. The summed E-state index contributed by atoms with van der Waals surface area (Å²) in [7, 11) is 1.67. The fourth-order valence-corrected chi connectivity index (χ4v) is 3.68. The van der Waals surface area contributed by atoms with Crippen LogP contribution in [0.5, 0.6) is 0 Å². The van der Waals surface area contributed by atoms with Crippen molar-refractivity contribution in [1.29, 1.82) is 0 Å². The molecule has 0 aromatic rings. The van der Waals surface area contributed by atoms with Gasteiger partial charge < -0.3 is 15.0 Å². The molecule has 120 valence electrons. The van der Waals surface area contributed by atoms with Gasteiger partial charge >= 0.3 is 0 Å². The predicted octanol–water partition coefficient (Wildman–Crippen LogP) is 1.85. The van der Waals surface area contributed by atoms with Crippen molar-refractivity contribution in [2.24, 2.45) is 0 Å². The van der Waals surface area contributed by atoms with Crippen molar-refractivity contribution < 1.29 is 14.3 Å². The fraction of sp³-hybridized carbons (Fsp3) is 0.875. The Labute approximate surface area is 127 Å².